The van der Waals surface area contributed by atoms with Gasteiger partial charge in [-0.25, -0.2) is 0 Å². The van der Waals surface area contributed by atoms with Crippen molar-refractivity contribution in [1.29, 1.82) is 0 Å². The first-order valence-electron chi connectivity index (χ1n) is 7.02. The molecule has 0 spiro atoms. The fourth-order valence-electron chi connectivity index (χ4n) is 2.68. The van der Waals surface area contributed by atoms with Crippen molar-refractivity contribution < 1.29 is 9.53 Å². The Hall–Kier alpha value is -0.830. The molecule has 2 nitrogen and oxygen atoms in total. The minimum absolute atomic E-state index is 0.113. The van der Waals surface area contributed by atoms with Crippen LogP contribution < -0.4 is 4.74 Å². The van der Waals surface area contributed by atoms with Gasteiger partial charge in [-0.15, -0.1) is 0 Å². The van der Waals surface area contributed by atoms with Crippen LogP contribution in [0.15, 0.2) is 22.7 Å². The van der Waals surface area contributed by atoms with Gasteiger partial charge in [-0.1, -0.05) is 40.7 Å². The molecule has 112 valence electrons. The van der Waals surface area contributed by atoms with E-state index in [2.05, 4.69) is 62.7 Å². The Kier molecular flexibility index (Phi) is 5.81. The molecule has 0 heterocycles. The highest BCUT2D eigenvalue weighted by atomic mass is 79.9. The van der Waals surface area contributed by atoms with Gasteiger partial charge in [0.15, 0.2) is 0 Å². The maximum atomic E-state index is 10.3. The van der Waals surface area contributed by atoms with Gasteiger partial charge >= 0.3 is 0 Å². The normalized spacial score (nSPS) is 12.3. The fraction of sp³-hybridized carbons (Fsp3) is 0.588. The summed E-state index contributed by atoms with van der Waals surface area (Å²) in [6, 6.07) is 6.23. The van der Waals surface area contributed by atoms with Crippen molar-refractivity contribution in [2.24, 2.45) is 5.41 Å². The zero-order valence-corrected chi connectivity index (χ0v) is 14.7. The number of rotatable bonds is 6. The summed E-state index contributed by atoms with van der Waals surface area (Å²) in [5.41, 5.74) is 1.69. The third kappa shape index (κ3) is 5.28. The van der Waals surface area contributed by atoms with Crippen molar-refractivity contribution >= 4 is 22.2 Å². The molecule has 0 amide bonds. The third-order valence-corrected chi connectivity index (χ3v) is 3.80. The van der Waals surface area contributed by atoms with Crippen LogP contribution in [0, 0.1) is 5.41 Å². The van der Waals surface area contributed by atoms with Crippen LogP contribution in [0.5, 0.6) is 5.75 Å². The van der Waals surface area contributed by atoms with Gasteiger partial charge in [-0.05, 0) is 50.9 Å². The summed E-state index contributed by atoms with van der Waals surface area (Å²) in [6.07, 6.45) is 2.40. The van der Waals surface area contributed by atoms with Crippen LogP contribution >= 0.6 is 15.9 Å². The van der Waals surface area contributed by atoms with E-state index < -0.39 is 0 Å². The molecular weight excluding hydrogens is 316 g/mol. The van der Waals surface area contributed by atoms with Crippen LogP contribution in [0.25, 0.3) is 0 Å². The minimum atomic E-state index is 0.113. The Morgan fingerprint density at radius 3 is 2.35 bits per heavy atom. The van der Waals surface area contributed by atoms with Gasteiger partial charge in [0.05, 0.1) is 11.1 Å². The van der Waals surface area contributed by atoms with Crippen LogP contribution in [0.2, 0.25) is 0 Å². The largest absolute Gasteiger partial charge is 0.492 e. The van der Waals surface area contributed by atoms with E-state index in [1.54, 1.807) is 0 Å². The zero-order valence-electron chi connectivity index (χ0n) is 13.1. The predicted octanol–water partition coefficient (Wildman–Crippen LogP) is 5.13. The standard InChI is InChI=1S/C17H25BrO2/c1-16(2,3)12-17(4,5)13-7-8-15(14(18)11-13)20-10-6-9-19/h7-9,11H,6,10,12H2,1-5H3. The molecule has 0 fully saturated rings. The molecule has 0 bridgehead atoms. The lowest BCUT2D eigenvalue weighted by molar-refractivity contribution is -0.108. The van der Waals surface area contributed by atoms with Crippen molar-refractivity contribution in [1.82, 2.24) is 0 Å². The number of hydrogen-bond acceptors (Lipinski definition) is 2. The van der Waals surface area contributed by atoms with Gasteiger partial charge in [-0.2, -0.15) is 0 Å². The van der Waals surface area contributed by atoms with E-state index in [0.717, 1.165) is 22.9 Å². The molecule has 0 saturated carbocycles. The number of benzene rings is 1. The molecule has 0 aliphatic carbocycles. The third-order valence-electron chi connectivity index (χ3n) is 3.18. The van der Waals surface area contributed by atoms with E-state index in [1.165, 1.54) is 5.56 Å². The average Bonchev–Trinajstić information content (AvgIpc) is 2.28. The first-order chi connectivity index (χ1) is 9.15. The van der Waals surface area contributed by atoms with Crippen molar-refractivity contribution in [3.63, 3.8) is 0 Å². The van der Waals surface area contributed by atoms with Gasteiger partial charge in [0.1, 0.15) is 12.0 Å². The molecule has 0 radical (unpaired) electrons. The summed E-state index contributed by atoms with van der Waals surface area (Å²) in [6.45, 7) is 11.8. The highest BCUT2D eigenvalue weighted by Gasteiger charge is 2.27. The van der Waals surface area contributed by atoms with Gasteiger partial charge in [0, 0.05) is 6.42 Å². The fourth-order valence-corrected chi connectivity index (χ4v) is 3.18. The van der Waals surface area contributed by atoms with Crippen LogP contribution in [-0.4, -0.2) is 12.9 Å². The van der Waals surface area contributed by atoms with Crippen molar-refractivity contribution in [3.05, 3.63) is 28.2 Å². The molecule has 0 aliphatic rings. The van der Waals surface area contributed by atoms with Crippen molar-refractivity contribution in [2.45, 2.75) is 52.9 Å². The molecule has 0 unspecified atom stereocenters. The molecule has 20 heavy (non-hydrogen) atoms. The second-order valence-electron chi connectivity index (χ2n) is 7.07. The first kappa shape index (κ1) is 17.2. The number of carbonyl (C=O) groups is 1. The molecule has 1 aromatic rings. The van der Waals surface area contributed by atoms with Crippen LogP contribution in [-0.2, 0) is 10.2 Å². The first-order valence-corrected chi connectivity index (χ1v) is 7.81. The topological polar surface area (TPSA) is 26.3 Å². The van der Waals surface area contributed by atoms with E-state index in [9.17, 15) is 4.79 Å². The molecule has 0 atom stereocenters. The van der Waals surface area contributed by atoms with Crippen LogP contribution in [0.1, 0.15) is 53.0 Å². The zero-order chi connectivity index (χ0) is 15.4. The molecule has 3 heteroatoms. The van der Waals surface area contributed by atoms with Gasteiger partial charge in [0.25, 0.3) is 0 Å². The Labute approximate surface area is 131 Å². The highest BCUT2D eigenvalue weighted by Crippen LogP contribution is 2.38. The van der Waals surface area contributed by atoms with E-state index in [4.69, 9.17) is 4.74 Å². The molecule has 0 aliphatic heterocycles. The summed E-state index contributed by atoms with van der Waals surface area (Å²) < 4.78 is 6.51. The Balaban J connectivity index is 2.88. The molecule has 1 aromatic carbocycles. The number of hydrogen-bond donors (Lipinski definition) is 0. The van der Waals surface area contributed by atoms with E-state index >= 15 is 0 Å². The summed E-state index contributed by atoms with van der Waals surface area (Å²) in [5.74, 6) is 0.794. The van der Waals surface area contributed by atoms with Gasteiger partial charge in [0.2, 0.25) is 0 Å². The van der Waals surface area contributed by atoms with Crippen LogP contribution in [0.3, 0.4) is 0 Å². The Morgan fingerprint density at radius 1 is 1.20 bits per heavy atom. The van der Waals surface area contributed by atoms with Crippen LogP contribution in [0.4, 0.5) is 0 Å². The Morgan fingerprint density at radius 2 is 1.85 bits per heavy atom. The number of ether oxygens (including phenoxy) is 1. The van der Waals surface area contributed by atoms with E-state index in [1.807, 2.05) is 6.07 Å². The van der Waals surface area contributed by atoms with E-state index in [-0.39, 0.29) is 10.8 Å². The Bertz CT molecular complexity index is 459. The smallest absolute Gasteiger partial charge is 0.133 e. The maximum Gasteiger partial charge on any atom is 0.133 e. The SMILES string of the molecule is CC(C)(C)CC(C)(C)c1ccc(OCCC=O)c(Br)c1. The lowest BCUT2D eigenvalue weighted by Gasteiger charge is -2.33. The lowest BCUT2D eigenvalue weighted by atomic mass is 9.72. The highest BCUT2D eigenvalue weighted by molar-refractivity contribution is 9.10. The summed E-state index contributed by atoms with van der Waals surface area (Å²) >= 11 is 3.56. The number of carbonyl (C=O) groups excluding carboxylic acids is 1. The second-order valence-corrected chi connectivity index (χ2v) is 7.92. The quantitative estimate of drug-likeness (QED) is 0.530. The monoisotopic (exact) mass is 340 g/mol. The average molecular weight is 341 g/mol. The predicted molar refractivity (Wildman–Crippen MR) is 87.4 cm³/mol. The summed E-state index contributed by atoms with van der Waals surface area (Å²) in [5, 5.41) is 0. The molecule has 1 rings (SSSR count). The second kappa shape index (κ2) is 6.75. The molecule has 0 saturated heterocycles. The van der Waals surface area contributed by atoms with Crippen molar-refractivity contribution in [2.75, 3.05) is 6.61 Å². The number of halogens is 1. The van der Waals surface area contributed by atoms with E-state index in [0.29, 0.717) is 13.0 Å². The summed E-state index contributed by atoms with van der Waals surface area (Å²) in [4.78, 5) is 10.3. The molecular formula is C17H25BrO2. The minimum Gasteiger partial charge on any atom is -0.492 e. The van der Waals surface area contributed by atoms with Gasteiger partial charge < -0.3 is 9.53 Å². The molecule has 0 N–H and O–H groups in total. The van der Waals surface area contributed by atoms with Crippen molar-refractivity contribution in [3.8, 4) is 5.75 Å². The summed E-state index contributed by atoms with van der Waals surface area (Å²) in [7, 11) is 0. The maximum absolute atomic E-state index is 10.3. The lowest BCUT2D eigenvalue weighted by Crippen LogP contribution is -2.24. The number of aldehydes is 1. The van der Waals surface area contributed by atoms with Gasteiger partial charge in [-0.3, -0.25) is 0 Å². The molecule has 0 aromatic heterocycles.